The molecule has 3 rings (SSSR count). The van der Waals surface area contributed by atoms with E-state index in [-0.39, 0.29) is 18.2 Å². The molecule has 134 valence electrons. The highest BCUT2D eigenvalue weighted by atomic mass is 16.2. The van der Waals surface area contributed by atoms with Gasteiger partial charge in [0.1, 0.15) is 0 Å². The van der Waals surface area contributed by atoms with E-state index in [1.54, 1.807) is 0 Å². The molecule has 0 unspecified atom stereocenters. The van der Waals surface area contributed by atoms with Gasteiger partial charge in [0.05, 0.1) is 12.5 Å². The zero-order valence-corrected chi connectivity index (χ0v) is 14.7. The van der Waals surface area contributed by atoms with Crippen LogP contribution < -0.4 is 10.6 Å². The van der Waals surface area contributed by atoms with Gasteiger partial charge in [-0.1, -0.05) is 42.0 Å². The van der Waals surface area contributed by atoms with Gasteiger partial charge in [-0.05, 0) is 31.2 Å². The fraction of sp³-hybridized carbons (Fsp3) is 0.500. The third-order valence-electron chi connectivity index (χ3n) is 4.95. The van der Waals surface area contributed by atoms with Crippen molar-refractivity contribution in [2.75, 3.05) is 19.6 Å². The van der Waals surface area contributed by atoms with Gasteiger partial charge < -0.3 is 10.6 Å². The normalized spacial score (nSPS) is 21.4. The predicted molar refractivity (Wildman–Crippen MR) is 97.8 cm³/mol. The summed E-state index contributed by atoms with van der Waals surface area (Å²) in [6.07, 6.45) is 7.09. The van der Waals surface area contributed by atoms with Gasteiger partial charge in [-0.3, -0.25) is 14.5 Å². The number of benzene rings is 1. The standard InChI is InChI=1S/C20H27N3O2/c24-19(22-14-16-7-3-1-4-8-16)13-18-20(25)21-11-12-23(18)15-17-9-5-2-6-10-17/h2,5-7,9-10,18H,1,3-4,8,11-15H2,(H,21,25)(H,22,24)/t18-/m0/s1. The summed E-state index contributed by atoms with van der Waals surface area (Å²) in [4.78, 5) is 26.7. The Hall–Kier alpha value is -2.14. The van der Waals surface area contributed by atoms with Crippen molar-refractivity contribution in [1.82, 2.24) is 15.5 Å². The molecule has 2 aliphatic rings. The molecule has 2 amide bonds. The number of hydrogen-bond acceptors (Lipinski definition) is 3. The molecule has 5 nitrogen and oxygen atoms in total. The topological polar surface area (TPSA) is 61.4 Å². The highest BCUT2D eigenvalue weighted by molar-refractivity contribution is 5.88. The van der Waals surface area contributed by atoms with Crippen LogP contribution in [0.4, 0.5) is 0 Å². The molecular formula is C20H27N3O2. The number of carbonyl (C=O) groups is 2. The average molecular weight is 341 g/mol. The minimum absolute atomic E-state index is 0.0470. The quantitative estimate of drug-likeness (QED) is 0.778. The van der Waals surface area contributed by atoms with E-state index >= 15 is 0 Å². The minimum Gasteiger partial charge on any atom is -0.353 e. The van der Waals surface area contributed by atoms with Crippen LogP contribution in [-0.2, 0) is 16.1 Å². The zero-order valence-electron chi connectivity index (χ0n) is 14.7. The Labute approximate surface area is 149 Å². The van der Waals surface area contributed by atoms with Crippen molar-refractivity contribution in [2.45, 2.75) is 44.7 Å². The van der Waals surface area contributed by atoms with E-state index in [1.165, 1.54) is 18.4 Å². The largest absolute Gasteiger partial charge is 0.353 e. The number of piperazine rings is 1. The molecule has 0 saturated carbocycles. The fourth-order valence-electron chi connectivity index (χ4n) is 3.52. The second-order valence-electron chi connectivity index (χ2n) is 6.85. The number of hydrogen-bond donors (Lipinski definition) is 2. The maximum Gasteiger partial charge on any atom is 0.237 e. The van der Waals surface area contributed by atoms with Crippen molar-refractivity contribution >= 4 is 11.8 Å². The van der Waals surface area contributed by atoms with Crippen molar-refractivity contribution in [2.24, 2.45) is 0 Å². The summed E-state index contributed by atoms with van der Waals surface area (Å²) in [6, 6.07) is 9.70. The van der Waals surface area contributed by atoms with Crippen LogP contribution in [0, 0.1) is 0 Å². The van der Waals surface area contributed by atoms with Gasteiger partial charge in [0.15, 0.2) is 0 Å². The lowest BCUT2D eigenvalue weighted by molar-refractivity contribution is -0.134. The van der Waals surface area contributed by atoms with E-state index in [9.17, 15) is 9.59 Å². The molecule has 1 atom stereocenters. The predicted octanol–water partition coefficient (Wildman–Crippen LogP) is 1.99. The van der Waals surface area contributed by atoms with Gasteiger partial charge in [-0.15, -0.1) is 0 Å². The van der Waals surface area contributed by atoms with Crippen LogP contribution in [0.1, 0.15) is 37.7 Å². The minimum atomic E-state index is -0.394. The van der Waals surface area contributed by atoms with Gasteiger partial charge in [0, 0.05) is 26.2 Å². The molecule has 25 heavy (non-hydrogen) atoms. The van der Waals surface area contributed by atoms with E-state index < -0.39 is 6.04 Å². The van der Waals surface area contributed by atoms with E-state index in [0.29, 0.717) is 19.6 Å². The van der Waals surface area contributed by atoms with Gasteiger partial charge >= 0.3 is 0 Å². The van der Waals surface area contributed by atoms with Crippen molar-refractivity contribution in [3.63, 3.8) is 0 Å². The van der Waals surface area contributed by atoms with Gasteiger partial charge in [-0.25, -0.2) is 0 Å². The van der Waals surface area contributed by atoms with Crippen LogP contribution >= 0.6 is 0 Å². The first-order chi connectivity index (χ1) is 12.2. The molecule has 1 aromatic carbocycles. The number of amides is 2. The Bertz CT molecular complexity index is 627. The molecule has 1 saturated heterocycles. The van der Waals surface area contributed by atoms with Crippen LogP contribution in [0.3, 0.4) is 0 Å². The summed E-state index contributed by atoms with van der Waals surface area (Å²) >= 11 is 0. The molecule has 1 aliphatic heterocycles. The lowest BCUT2D eigenvalue weighted by Crippen LogP contribution is -2.56. The maximum absolute atomic E-state index is 12.4. The Morgan fingerprint density at radius 1 is 1.24 bits per heavy atom. The second-order valence-corrected chi connectivity index (χ2v) is 6.85. The van der Waals surface area contributed by atoms with Crippen LogP contribution in [-0.4, -0.2) is 42.4 Å². The Morgan fingerprint density at radius 3 is 2.84 bits per heavy atom. The van der Waals surface area contributed by atoms with E-state index in [1.807, 2.05) is 18.2 Å². The lowest BCUT2D eigenvalue weighted by Gasteiger charge is -2.34. The molecule has 1 heterocycles. The van der Waals surface area contributed by atoms with Crippen molar-refractivity contribution < 1.29 is 9.59 Å². The molecule has 2 N–H and O–H groups in total. The average Bonchev–Trinajstić information content (AvgIpc) is 2.65. The fourth-order valence-corrected chi connectivity index (χ4v) is 3.52. The van der Waals surface area contributed by atoms with Crippen molar-refractivity contribution in [3.05, 3.63) is 47.5 Å². The van der Waals surface area contributed by atoms with E-state index in [2.05, 4.69) is 33.7 Å². The highest BCUT2D eigenvalue weighted by Gasteiger charge is 2.31. The second kappa shape index (κ2) is 8.81. The molecule has 0 aromatic heterocycles. The zero-order chi connectivity index (χ0) is 17.5. The smallest absolute Gasteiger partial charge is 0.237 e. The first-order valence-corrected chi connectivity index (χ1v) is 9.22. The molecule has 0 radical (unpaired) electrons. The summed E-state index contributed by atoms with van der Waals surface area (Å²) in [5.74, 6) is -0.0965. The summed E-state index contributed by atoms with van der Waals surface area (Å²) in [5.41, 5.74) is 2.48. The van der Waals surface area contributed by atoms with Crippen LogP contribution in [0.15, 0.2) is 42.0 Å². The third kappa shape index (κ3) is 5.16. The Morgan fingerprint density at radius 2 is 2.08 bits per heavy atom. The van der Waals surface area contributed by atoms with Gasteiger partial charge in [0.2, 0.25) is 11.8 Å². The molecular weight excluding hydrogens is 314 g/mol. The number of carbonyl (C=O) groups excluding carboxylic acids is 2. The van der Waals surface area contributed by atoms with Crippen molar-refractivity contribution in [3.8, 4) is 0 Å². The Balaban J connectivity index is 1.56. The van der Waals surface area contributed by atoms with Crippen LogP contribution in [0.5, 0.6) is 0 Å². The summed E-state index contributed by atoms with van der Waals surface area (Å²) in [5, 5.41) is 5.88. The number of nitrogens with zero attached hydrogens (tertiary/aromatic N) is 1. The number of rotatable bonds is 6. The van der Waals surface area contributed by atoms with E-state index in [4.69, 9.17) is 0 Å². The van der Waals surface area contributed by atoms with Crippen LogP contribution in [0.2, 0.25) is 0 Å². The first-order valence-electron chi connectivity index (χ1n) is 9.22. The highest BCUT2D eigenvalue weighted by Crippen LogP contribution is 2.17. The van der Waals surface area contributed by atoms with Crippen molar-refractivity contribution in [1.29, 1.82) is 0 Å². The number of nitrogens with one attached hydrogen (secondary N) is 2. The summed E-state index contributed by atoms with van der Waals surface area (Å²) < 4.78 is 0. The maximum atomic E-state index is 12.4. The molecule has 1 fully saturated rings. The summed E-state index contributed by atoms with van der Waals surface area (Å²) in [6.45, 7) is 2.71. The SMILES string of the molecule is O=C(C[C@H]1C(=O)NCCN1Cc1ccccc1)NCC1=CCCCC1. The van der Waals surface area contributed by atoms with E-state index in [0.717, 1.165) is 24.9 Å². The lowest BCUT2D eigenvalue weighted by atomic mass is 9.99. The number of allylic oxidation sites excluding steroid dienone is 1. The third-order valence-corrected chi connectivity index (χ3v) is 4.95. The molecule has 5 heteroatoms. The summed E-state index contributed by atoms with van der Waals surface area (Å²) in [7, 11) is 0. The molecule has 1 aliphatic carbocycles. The van der Waals surface area contributed by atoms with Crippen LogP contribution in [0.25, 0.3) is 0 Å². The molecule has 0 bridgehead atoms. The first kappa shape index (κ1) is 17.7. The van der Waals surface area contributed by atoms with Gasteiger partial charge in [-0.2, -0.15) is 0 Å². The monoisotopic (exact) mass is 341 g/mol. The molecule has 0 spiro atoms. The molecule has 1 aromatic rings. The van der Waals surface area contributed by atoms with Gasteiger partial charge in [0.25, 0.3) is 0 Å². The Kier molecular flexibility index (Phi) is 6.23.